The van der Waals surface area contributed by atoms with E-state index in [4.69, 9.17) is 0 Å². The van der Waals surface area contributed by atoms with Crippen molar-refractivity contribution < 1.29 is 0 Å². The number of thioether (sulfide) groups is 1. The van der Waals surface area contributed by atoms with Gasteiger partial charge in [0, 0.05) is 14.1 Å². The standard InChI is InChI=1S/C11H12N6S2/c1-12-9-7-3-4-18-10(7)15-8(14-9)5-19-11-16-13-6-17(11)2/h3-4,6H,5H2,1-2H3,(H,12,14,15). The number of rotatable bonds is 4. The molecule has 6 nitrogen and oxygen atoms in total. The third-order valence-electron chi connectivity index (χ3n) is 2.61. The lowest BCUT2D eigenvalue weighted by atomic mass is 10.4. The van der Waals surface area contributed by atoms with Crippen LogP contribution in [0.2, 0.25) is 0 Å². The molecule has 0 amide bonds. The molecule has 0 aliphatic heterocycles. The Labute approximate surface area is 118 Å². The molecule has 8 heteroatoms. The maximum Gasteiger partial charge on any atom is 0.191 e. The summed E-state index contributed by atoms with van der Waals surface area (Å²) >= 11 is 3.20. The molecular weight excluding hydrogens is 280 g/mol. The van der Waals surface area contributed by atoms with Crippen molar-refractivity contribution in [2.75, 3.05) is 12.4 Å². The minimum Gasteiger partial charge on any atom is -0.372 e. The molecular formula is C11H12N6S2. The van der Waals surface area contributed by atoms with Crippen molar-refractivity contribution in [3.8, 4) is 0 Å². The number of thiophene rings is 1. The molecule has 0 aliphatic rings. The number of anilines is 1. The van der Waals surface area contributed by atoms with Gasteiger partial charge < -0.3 is 9.88 Å². The minimum atomic E-state index is 0.676. The fraction of sp³-hybridized carbons (Fsp3) is 0.273. The molecule has 0 fully saturated rings. The summed E-state index contributed by atoms with van der Waals surface area (Å²) in [4.78, 5) is 10.1. The van der Waals surface area contributed by atoms with E-state index >= 15 is 0 Å². The predicted octanol–water partition coefficient (Wildman–Crippen LogP) is 2.15. The second-order valence-electron chi connectivity index (χ2n) is 3.89. The van der Waals surface area contributed by atoms with Crippen LogP contribution < -0.4 is 5.32 Å². The van der Waals surface area contributed by atoms with Crippen molar-refractivity contribution in [3.63, 3.8) is 0 Å². The monoisotopic (exact) mass is 292 g/mol. The summed E-state index contributed by atoms with van der Waals surface area (Å²) in [6, 6.07) is 2.03. The SMILES string of the molecule is CNc1nc(CSc2nncn2C)nc2sccc12. The molecule has 0 saturated carbocycles. The Morgan fingerprint density at radius 2 is 2.32 bits per heavy atom. The van der Waals surface area contributed by atoms with Gasteiger partial charge in [0.25, 0.3) is 0 Å². The molecule has 1 N–H and O–H groups in total. The highest BCUT2D eigenvalue weighted by Crippen LogP contribution is 2.26. The van der Waals surface area contributed by atoms with Crippen LogP contribution in [0.25, 0.3) is 10.2 Å². The van der Waals surface area contributed by atoms with Crippen LogP contribution in [0.15, 0.2) is 22.9 Å². The molecule has 0 bridgehead atoms. The zero-order chi connectivity index (χ0) is 13.2. The van der Waals surface area contributed by atoms with Gasteiger partial charge in [0.1, 0.15) is 22.8 Å². The van der Waals surface area contributed by atoms with Crippen molar-refractivity contribution in [1.29, 1.82) is 0 Å². The molecule has 0 spiro atoms. The molecule has 19 heavy (non-hydrogen) atoms. The third kappa shape index (κ3) is 2.41. The summed E-state index contributed by atoms with van der Waals surface area (Å²) in [5, 5.41) is 15.0. The fourth-order valence-electron chi connectivity index (χ4n) is 1.69. The van der Waals surface area contributed by atoms with Gasteiger partial charge in [-0.1, -0.05) is 11.8 Å². The molecule has 3 rings (SSSR count). The normalized spacial score (nSPS) is 11.1. The number of nitrogens with one attached hydrogen (secondary N) is 1. The Hall–Kier alpha value is -1.67. The number of hydrogen-bond acceptors (Lipinski definition) is 7. The molecule has 0 atom stereocenters. The second-order valence-corrected chi connectivity index (χ2v) is 5.73. The summed E-state index contributed by atoms with van der Waals surface area (Å²) in [5.41, 5.74) is 0. The lowest BCUT2D eigenvalue weighted by molar-refractivity contribution is 0.787. The molecule has 0 radical (unpaired) electrons. The summed E-state index contributed by atoms with van der Waals surface area (Å²) in [5.74, 6) is 2.35. The Bertz CT molecular complexity index is 704. The van der Waals surface area contributed by atoms with Gasteiger partial charge in [0.15, 0.2) is 5.16 Å². The average Bonchev–Trinajstić information content (AvgIpc) is 3.04. The maximum absolute atomic E-state index is 4.56. The summed E-state index contributed by atoms with van der Waals surface area (Å²) in [6.45, 7) is 0. The first-order valence-electron chi connectivity index (χ1n) is 5.66. The van der Waals surface area contributed by atoms with E-state index in [0.717, 1.165) is 27.0 Å². The lowest BCUT2D eigenvalue weighted by Crippen LogP contribution is -2.00. The third-order valence-corrected chi connectivity index (χ3v) is 4.45. The molecule has 3 heterocycles. The maximum atomic E-state index is 4.56. The van der Waals surface area contributed by atoms with Gasteiger partial charge in [-0.3, -0.25) is 0 Å². The Balaban J connectivity index is 1.86. The number of hydrogen-bond donors (Lipinski definition) is 1. The van der Waals surface area contributed by atoms with E-state index in [1.807, 2.05) is 30.1 Å². The van der Waals surface area contributed by atoms with Gasteiger partial charge in [-0.2, -0.15) is 0 Å². The average molecular weight is 292 g/mol. The first kappa shape index (κ1) is 12.4. The van der Waals surface area contributed by atoms with E-state index in [1.54, 1.807) is 29.4 Å². The van der Waals surface area contributed by atoms with Crippen molar-refractivity contribution >= 4 is 39.1 Å². The van der Waals surface area contributed by atoms with Gasteiger partial charge >= 0.3 is 0 Å². The smallest absolute Gasteiger partial charge is 0.191 e. The minimum absolute atomic E-state index is 0.676. The van der Waals surface area contributed by atoms with Crippen LogP contribution in [0, 0.1) is 0 Å². The topological polar surface area (TPSA) is 68.5 Å². The molecule has 0 unspecified atom stereocenters. The van der Waals surface area contributed by atoms with Crippen molar-refractivity contribution in [2.24, 2.45) is 7.05 Å². The van der Waals surface area contributed by atoms with E-state index < -0.39 is 0 Å². The number of fused-ring (bicyclic) bond motifs is 1. The van der Waals surface area contributed by atoms with Gasteiger partial charge in [0.05, 0.1) is 11.1 Å². The number of nitrogens with zero attached hydrogens (tertiary/aromatic N) is 5. The molecule has 3 aromatic heterocycles. The van der Waals surface area contributed by atoms with Crippen LogP contribution in [-0.2, 0) is 12.8 Å². The highest BCUT2D eigenvalue weighted by atomic mass is 32.2. The predicted molar refractivity (Wildman–Crippen MR) is 77.5 cm³/mol. The molecule has 0 saturated heterocycles. The lowest BCUT2D eigenvalue weighted by Gasteiger charge is -2.05. The van der Waals surface area contributed by atoms with Gasteiger partial charge in [-0.05, 0) is 11.4 Å². The van der Waals surface area contributed by atoms with Gasteiger partial charge in [-0.15, -0.1) is 21.5 Å². The highest BCUT2D eigenvalue weighted by molar-refractivity contribution is 7.98. The summed E-state index contributed by atoms with van der Waals surface area (Å²) in [7, 11) is 3.80. The van der Waals surface area contributed by atoms with Crippen LogP contribution in [0.4, 0.5) is 5.82 Å². The van der Waals surface area contributed by atoms with E-state index in [9.17, 15) is 0 Å². The summed E-state index contributed by atoms with van der Waals surface area (Å²) in [6.07, 6.45) is 1.69. The number of aryl methyl sites for hydroxylation is 1. The van der Waals surface area contributed by atoms with Crippen molar-refractivity contribution in [2.45, 2.75) is 10.9 Å². The Kier molecular flexibility index (Phi) is 3.34. The largest absolute Gasteiger partial charge is 0.372 e. The molecule has 0 aromatic carbocycles. The Morgan fingerprint density at radius 1 is 1.42 bits per heavy atom. The van der Waals surface area contributed by atoms with Crippen LogP contribution in [0.5, 0.6) is 0 Å². The van der Waals surface area contributed by atoms with Crippen LogP contribution >= 0.6 is 23.1 Å². The van der Waals surface area contributed by atoms with Crippen LogP contribution in [0.1, 0.15) is 5.82 Å². The van der Waals surface area contributed by atoms with E-state index in [-0.39, 0.29) is 0 Å². The van der Waals surface area contributed by atoms with Gasteiger partial charge in [-0.25, -0.2) is 9.97 Å². The number of aromatic nitrogens is 5. The van der Waals surface area contributed by atoms with E-state index in [0.29, 0.717) is 5.75 Å². The zero-order valence-corrected chi connectivity index (χ0v) is 12.1. The van der Waals surface area contributed by atoms with E-state index in [1.165, 1.54) is 0 Å². The van der Waals surface area contributed by atoms with Gasteiger partial charge in [0.2, 0.25) is 0 Å². The van der Waals surface area contributed by atoms with Crippen molar-refractivity contribution in [3.05, 3.63) is 23.6 Å². The van der Waals surface area contributed by atoms with Crippen LogP contribution in [0.3, 0.4) is 0 Å². The first-order valence-corrected chi connectivity index (χ1v) is 7.53. The highest BCUT2D eigenvalue weighted by Gasteiger charge is 2.09. The van der Waals surface area contributed by atoms with Crippen molar-refractivity contribution in [1.82, 2.24) is 24.7 Å². The molecule has 3 aromatic rings. The molecule has 0 aliphatic carbocycles. The van der Waals surface area contributed by atoms with Crippen LogP contribution in [-0.4, -0.2) is 31.8 Å². The Morgan fingerprint density at radius 3 is 3.05 bits per heavy atom. The second kappa shape index (κ2) is 5.14. The fourth-order valence-corrected chi connectivity index (χ4v) is 3.21. The van der Waals surface area contributed by atoms with E-state index in [2.05, 4.69) is 25.5 Å². The molecule has 98 valence electrons. The zero-order valence-electron chi connectivity index (χ0n) is 10.5. The first-order chi connectivity index (χ1) is 9.28. The quantitative estimate of drug-likeness (QED) is 0.743. The summed E-state index contributed by atoms with van der Waals surface area (Å²) < 4.78 is 1.88.